The van der Waals surface area contributed by atoms with Crippen molar-refractivity contribution < 1.29 is 19.0 Å². The Kier molecular flexibility index (Phi) is 6.47. The van der Waals surface area contributed by atoms with E-state index in [9.17, 15) is 4.79 Å². The molecule has 6 nitrogen and oxygen atoms in total. The highest BCUT2D eigenvalue weighted by Gasteiger charge is 2.40. The maximum atomic E-state index is 12.7. The highest BCUT2D eigenvalue weighted by atomic mass is 16.5. The van der Waals surface area contributed by atoms with Gasteiger partial charge in [0.05, 0.1) is 21.3 Å². The number of carbonyl (C=O) groups excluding carboxylic acids is 1. The second-order valence-corrected chi connectivity index (χ2v) is 7.75. The van der Waals surface area contributed by atoms with E-state index in [0.717, 1.165) is 18.4 Å². The van der Waals surface area contributed by atoms with E-state index in [1.807, 2.05) is 12.1 Å². The Bertz CT molecular complexity index is 625. The van der Waals surface area contributed by atoms with Crippen molar-refractivity contribution in [3.05, 3.63) is 17.7 Å². The van der Waals surface area contributed by atoms with E-state index in [-0.39, 0.29) is 17.9 Å². The van der Waals surface area contributed by atoms with Gasteiger partial charge in [0.25, 0.3) is 0 Å². The molecule has 1 aromatic rings. The summed E-state index contributed by atoms with van der Waals surface area (Å²) in [6.45, 7) is 0.551. The lowest BCUT2D eigenvalue weighted by atomic mass is 9.65. The van der Waals surface area contributed by atoms with Gasteiger partial charge < -0.3 is 25.3 Å². The van der Waals surface area contributed by atoms with Gasteiger partial charge >= 0.3 is 0 Å². The van der Waals surface area contributed by atoms with Crippen molar-refractivity contribution in [2.24, 2.45) is 23.5 Å². The van der Waals surface area contributed by atoms with Crippen LogP contribution in [-0.2, 0) is 11.2 Å². The second kappa shape index (κ2) is 8.83. The third-order valence-electron chi connectivity index (χ3n) is 6.28. The summed E-state index contributed by atoms with van der Waals surface area (Å²) in [5, 5.41) is 3.11. The molecule has 1 amide bonds. The Morgan fingerprint density at radius 2 is 1.67 bits per heavy atom. The van der Waals surface area contributed by atoms with E-state index in [1.54, 1.807) is 21.3 Å². The molecule has 2 fully saturated rings. The molecule has 2 saturated carbocycles. The molecule has 2 bridgehead atoms. The summed E-state index contributed by atoms with van der Waals surface area (Å²) in [5.74, 6) is 3.37. The van der Waals surface area contributed by atoms with Crippen LogP contribution < -0.4 is 25.3 Å². The van der Waals surface area contributed by atoms with Crippen LogP contribution in [0.5, 0.6) is 17.2 Å². The molecular formula is C21H32N2O4. The van der Waals surface area contributed by atoms with Gasteiger partial charge in [-0.25, -0.2) is 0 Å². The largest absolute Gasteiger partial charge is 0.496 e. The minimum atomic E-state index is 0.0970. The molecule has 0 spiro atoms. The van der Waals surface area contributed by atoms with Gasteiger partial charge in [-0.05, 0) is 43.9 Å². The summed E-state index contributed by atoms with van der Waals surface area (Å²) in [6.07, 6.45) is 6.09. The molecule has 150 valence electrons. The fraction of sp³-hybridized carbons (Fsp3) is 0.667. The van der Waals surface area contributed by atoms with Crippen LogP contribution in [0, 0.1) is 17.8 Å². The van der Waals surface area contributed by atoms with Crippen LogP contribution in [0.1, 0.15) is 37.7 Å². The molecule has 0 aromatic heterocycles. The van der Waals surface area contributed by atoms with Crippen LogP contribution in [-0.4, -0.2) is 39.8 Å². The Morgan fingerprint density at radius 3 is 2.19 bits per heavy atom. The number of hydrogen-bond acceptors (Lipinski definition) is 5. The van der Waals surface area contributed by atoms with E-state index in [2.05, 4.69) is 5.32 Å². The van der Waals surface area contributed by atoms with Gasteiger partial charge in [0.15, 0.2) is 0 Å². The zero-order chi connectivity index (χ0) is 19.4. The normalized spacial score (nSPS) is 27.0. The SMILES string of the molecule is COc1cc(OC)c(CCNC(=O)C2CC3CCCC(C2)C3N)c(OC)c1. The average molecular weight is 376 g/mol. The molecule has 1 aromatic carbocycles. The molecule has 2 unspecified atom stereocenters. The standard InChI is InChI=1S/C21H32N2O4/c1-25-16-11-18(26-2)17(19(12-16)27-3)7-8-23-21(24)15-9-13-5-4-6-14(10-15)20(13)22/h11-15,20H,4-10,22H2,1-3H3,(H,23,24). The fourth-order valence-electron chi connectivity index (χ4n) is 4.78. The maximum Gasteiger partial charge on any atom is 0.223 e. The second-order valence-electron chi connectivity index (χ2n) is 7.75. The first-order valence-electron chi connectivity index (χ1n) is 9.89. The van der Waals surface area contributed by atoms with E-state index in [0.29, 0.717) is 42.0 Å². The van der Waals surface area contributed by atoms with Crippen molar-refractivity contribution in [1.29, 1.82) is 0 Å². The van der Waals surface area contributed by atoms with Crippen molar-refractivity contribution >= 4 is 5.91 Å². The van der Waals surface area contributed by atoms with E-state index >= 15 is 0 Å². The summed E-state index contributed by atoms with van der Waals surface area (Å²) in [6, 6.07) is 3.96. The number of rotatable bonds is 7. The highest BCUT2D eigenvalue weighted by Crippen LogP contribution is 2.42. The monoisotopic (exact) mass is 376 g/mol. The molecule has 0 aliphatic heterocycles. The van der Waals surface area contributed by atoms with Crippen molar-refractivity contribution in [3.8, 4) is 17.2 Å². The van der Waals surface area contributed by atoms with Gasteiger partial charge in [-0.3, -0.25) is 4.79 Å². The number of nitrogens with two attached hydrogens (primary N) is 1. The Labute approximate surface area is 161 Å². The Morgan fingerprint density at radius 1 is 1.07 bits per heavy atom. The van der Waals surface area contributed by atoms with Gasteiger partial charge in [0, 0.05) is 36.2 Å². The smallest absolute Gasteiger partial charge is 0.223 e. The van der Waals surface area contributed by atoms with Crippen LogP contribution in [0.15, 0.2) is 12.1 Å². The molecule has 0 heterocycles. The molecular weight excluding hydrogens is 344 g/mol. The molecule has 2 aliphatic carbocycles. The molecule has 0 saturated heterocycles. The maximum absolute atomic E-state index is 12.7. The zero-order valence-corrected chi connectivity index (χ0v) is 16.6. The lowest BCUT2D eigenvalue weighted by molar-refractivity contribution is -0.127. The van der Waals surface area contributed by atoms with Gasteiger partial charge in [-0.1, -0.05) is 6.42 Å². The highest BCUT2D eigenvalue weighted by molar-refractivity contribution is 5.78. The summed E-state index contributed by atoms with van der Waals surface area (Å²) < 4.78 is 16.2. The number of hydrogen-bond donors (Lipinski definition) is 2. The Balaban J connectivity index is 1.59. The number of methoxy groups -OCH3 is 3. The summed E-state index contributed by atoms with van der Waals surface area (Å²) in [7, 11) is 4.86. The van der Waals surface area contributed by atoms with Crippen molar-refractivity contribution in [2.45, 2.75) is 44.6 Å². The Hall–Kier alpha value is -1.95. The number of ether oxygens (including phenoxy) is 3. The minimum absolute atomic E-state index is 0.0970. The van der Waals surface area contributed by atoms with Gasteiger partial charge in [0.1, 0.15) is 17.2 Å². The first-order chi connectivity index (χ1) is 13.1. The summed E-state index contributed by atoms with van der Waals surface area (Å²) >= 11 is 0. The molecule has 0 radical (unpaired) electrons. The van der Waals surface area contributed by atoms with Gasteiger partial charge in [-0.15, -0.1) is 0 Å². The number of carbonyl (C=O) groups is 1. The molecule has 3 rings (SSSR count). The van der Waals surface area contributed by atoms with Gasteiger partial charge in [0.2, 0.25) is 5.91 Å². The number of amides is 1. The predicted molar refractivity (Wildman–Crippen MR) is 104 cm³/mol. The lowest BCUT2D eigenvalue weighted by Gasteiger charge is -2.43. The van der Waals surface area contributed by atoms with Crippen LogP contribution in [0.25, 0.3) is 0 Å². The van der Waals surface area contributed by atoms with E-state index in [1.165, 1.54) is 19.3 Å². The van der Waals surface area contributed by atoms with Crippen LogP contribution in [0.3, 0.4) is 0 Å². The first kappa shape index (κ1) is 19.8. The summed E-state index contributed by atoms with van der Waals surface area (Å²) in [4.78, 5) is 12.7. The average Bonchev–Trinajstić information content (AvgIpc) is 2.67. The van der Waals surface area contributed by atoms with Crippen LogP contribution in [0.4, 0.5) is 0 Å². The quantitative estimate of drug-likeness (QED) is 0.764. The molecule has 3 N–H and O–H groups in total. The topological polar surface area (TPSA) is 82.8 Å². The predicted octanol–water partition coefficient (Wildman–Crippen LogP) is 2.52. The molecule has 2 aliphatic rings. The minimum Gasteiger partial charge on any atom is -0.496 e. The molecule has 27 heavy (non-hydrogen) atoms. The van der Waals surface area contributed by atoms with Gasteiger partial charge in [-0.2, -0.15) is 0 Å². The van der Waals surface area contributed by atoms with Crippen molar-refractivity contribution in [2.75, 3.05) is 27.9 Å². The van der Waals surface area contributed by atoms with Crippen LogP contribution >= 0.6 is 0 Å². The number of benzene rings is 1. The number of fused-ring (bicyclic) bond motifs is 2. The molecule has 6 heteroatoms. The lowest BCUT2D eigenvalue weighted by Crippen LogP contribution is -2.49. The van der Waals surface area contributed by atoms with Crippen molar-refractivity contribution in [3.63, 3.8) is 0 Å². The van der Waals surface area contributed by atoms with E-state index < -0.39 is 0 Å². The fourth-order valence-corrected chi connectivity index (χ4v) is 4.78. The summed E-state index contributed by atoms with van der Waals surface area (Å²) in [5.41, 5.74) is 7.27. The zero-order valence-electron chi connectivity index (χ0n) is 16.6. The number of nitrogens with one attached hydrogen (secondary N) is 1. The van der Waals surface area contributed by atoms with E-state index in [4.69, 9.17) is 19.9 Å². The molecule has 2 atom stereocenters. The third kappa shape index (κ3) is 4.32. The van der Waals surface area contributed by atoms with Crippen molar-refractivity contribution in [1.82, 2.24) is 5.32 Å². The first-order valence-corrected chi connectivity index (χ1v) is 9.89. The van der Waals surface area contributed by atoms with Crippen LogP contribution in [0.2, 0.25) is 0 Å². The third-order valence-corrected chi connectivity index (χ3v) is 6.28.